The predicted molar refractivity (Wildman–Crippen MR) is 98.2 cm³/mol. The molecule has 6 heteroatoms. The SMILES string of the molecule is O=C(OCc1cc2ccccc2o1)c1ccc(OCc2cscn2)cc1. The standard InChI is InChI=1S/C20H15NO4S/c22-20(24-11-18-9-15-3-1-2-4-19(15)25-18)14-5-7-17(8-6-14)23-10-16-12-26-13-21-16/h1-9,12-13H,10-11H2. The van der Waals surface area contributed by atoms with E-state index in [-0.39, 0.29) is 6.61 Å². The molecule has 0 unspecified atom stereocenters. The summed E-state index contributed by atoms with van der Waals surface area (Å²) in [6.07, 6.45) is 0. The van der Waals surface area contributed by atoms with Crippen molar-refractivity contribution in [3.05, 3.63) is 82.5 Å². The Morgan fingerprint density at radius 1 is 1.08 bits per heavy atom. The fourth-order valence-corrected chi connectivity index (χ4v) is 3.02. The molecule has 0 saturated heterocycles. The van der Waals surface area contributed by atoms with Gasteiger partial charge in [0, 0.05) is 10.8 Å². The topological polar surface area (TPSA) is 61.6 Å². The largest absolute Gasteiger partial charge is 0.487 e. The Balaban J connectivity index is 1.33. The molecule has 2 heterocycles. The van der Waals surface area contributed by atoms with Crippen LogP contribution in [-0.4, -0.2) is 11.0 Å². The van der Waals surface area contributed by atoms with E-state index in [9.17, 15) is 4.79 Å². The summed E-state index contributed by atoms with van der Waals surface area (Å²) in [7, 11) is 0. The molecule has 0 aliphatic carbocycles. The molecule has 4 aromatic rings. The molecule has 0 aliphatic rings. The Bertz CT molecular complexity index is 973. The van der Waals surface area contributed by atoms with Crippen LogP contribution >= 0.6 is 11.3 Å². The number of nitrogens with zero attached hydrogens (tertiary/aromatic N) is 1. The van der Waals surface area contributed by atoms with Crippen molar-refractivity contribution in [1.82, 2.24) is 4.98 Å². The molecule has 2 aromatic heterocycles. The third-order valence-corrected chi connectivity index (χ3v) is 4.42. The number of rotatable bonds is 6. The van der Waals surface area contributed by atoms with E-state index in [0.717, 1.165) is 16.7 Å². The fraction of sp³-hybridized carbons (Fsp3) is 0.100. The second-order valence-electron chi connectivity index (χ2n) is 5.62. The summed E-state index contributed by atoms with van der Waals surface area (Å²) < 4.78 is 16.6. The van der Waals surface area contributed by atoms with E-state index in [1.807, 2.05) is 35.7 Å². The quantitative estimate of drug-likeness (QED) is 0.458. The molecule has 130 valence electrons. The summed E-state index contributed by atoms with van der Waals surface area (Å²) in [6.45, 7) is 0.495. The van der Waals surface area contributed by atoms with E-state index in [1.165, 1.54) is 11.3 Å². The van der Waals surface area contributed by atoms with Gasteiger partial charge in [-0.3, -0.25) is 0 Å². The van der Waals surface area contributed by atoms with Crippen molar-refractivity contribution in [3.8, 4) is 5.75 Å². The Kier molecular flexibility index (Phi) is 4.66. The Morgan fingerprint density at radius 3 is 2.69 bits per heavy atom. The summed E-state index contributed by atoms with van der Waals surface area (Å²) in [5.74, 6) is 0.881. The Morgan fingerprint density at radius 2 is 1.92 bits per heavy atom. The van der Waals surface area contributed by atoms with Crippen LogP contribution in [0.5, 0.6) is 5.75 Å². The lowest BCUT2D eigenvalue weighted by molar-refractivity contribution is 0.0447. The average Bonchev–Trinajstić information content (AvgIpc) is 3.34. The number of esters is 1. The first kappa shape index (κ1) is 16.4. The highest BCUT2D eigenvalue weighted by atomic mass is 32.1. The molecule has 4 rings (SSSR count). The lowest BCUT2D eigenvalue weighted by Gasteiger charge is -2.06. The van der Waals surface area contributed by atoms with Gasteiger partial charge in [-0.25, -0.2) is 9.78 Å². The van der Waals surface area contributed by atoms with Gasteiger partial charge in [0.15, 0.2) is 0 Å². The second kappa shape index (κ2) is 7.41. The van der Waals surface area contributed by atoms with Crippen LogP contribution in [0.4, 0.5) is 0 Å². The smallest absolute Gasteiger partial charge is 0.338 e. The second-order valence-corrected chi connectivity index (χ2v) is 6.34. The van der Waals surface area contributed by atoms with Crippen molar-refractivity contribution in [2.45, 2.75) is 13.2 Å². The van der Waals surface area contributed by atoms with E-state index >= 15 is 0 Å². The number of ether oxygens (including phenoxy) is 2. The molecular formula is C20H15NO4S. The average molecular weight is 365 g/mol. The molecule has 0 atom stereocenters. The van der Waals surface area contributed by atoms with Crippen LogP contribution in [0, 0.1) is 0 Å². The summed E-state index contributed by atoms with van der Waals surface area (Å²) in [6, 6.07) is 16.4. The van der Waals surface area contributed by atoms with Crippen molar-refractivity contribution >= 4 is 28.3 Å². The molecule has 0 spiro atoms. The molecule has 5 nitrogen and oxygen atoms in total. The van der Waals surface area contributed by atoms with E-state index in [2.05, 4.69) is 4.98 Å². The third kappa shape index (κ3) is 3.75. The highest BCUT2D eigenvalue weighted by molar-refractivity contribution is 7.07. The zero-order valence-corrected chi connectivity index (χ0v) is 14.6. The van der Waals surface area contributed by atoms with E-state index < -0.39 is 5.97 Å². The van der Waals surface area contributed by atoms with Crippen LogP contribution in [0.3, 0.4) is 0 Å². The monoisotopic (exact) mass is 365 g/mol. The first-order valence-electron chi connectivity index (χ1n) is 8.02. The summed E-state index contributed by atoms with van der Waals surface area (Å²) >= 11 is 1.53. The number of fused-ring (bicyclic) bond motifs is 1. The molecule has 0 bridgehead atoms. The van der Waals surface area contributed by atoms with Gasteiger partial charge in [-0.15, -0.1) is 11.3 Å². The number of para-hydroxylation sites is 1. The zero-order chi connectivity index (χ0) is 17.8. The van der Waals surface area contributed by atoms with Gasteiger partial charge >= 0.3 is 5.97 Å². The van der Waals surface area contributed by atoms with Crippen LogP contribution in [0.15, 0.2) is 69.9 Å². The normalized spacial score (nSPS) is 10.8. The predicted octanol–water partition coefficient (Wildman–Crippen LogP) is 4.83. The van der Waals surface area contributed by atoms with Gasteiger partial charge in [0.05, 0.1) is 16.8 Å². The summed E-state index contributed by atoms with van der Waals surface area (Å²) in [5, 5.41) is 2.92. The molecule has 0 N–H and O–H groups in total. The molecule has 0 radical (unpaired) electrons. The van der Waals surface area contributed by atoms with E-state index in [0.29, 0.717) is 23.7 Å². The summed E-state index contributed by atoms with van der Waals surface area (Å²) in [5.41, 5.74) is 3.88. The molecule has 2 aromatic carbocycles. The van der Waals surface area contributed by atoms with Gasteiger partial charge < -0.3 is 13.9 Å². The van der Waals surface area contributed by atoms with Crippen LogP contribution in [0.2, 0.25) is 0 Å². The number of benzene rings is 2. The summed E-state index contributed by atoms with van der Waals surface area (Å²) in [4.78, 5) is 16.3. The maximum absolute atomic E-state index is 12.2. The first-order chi connectivity index (χ1) is 12.8. The molecule has 0 aliphatic heterocycles. The van der Waals surface area contributed by atoms with Crippen molar-refractivity contribution in [3.63, 3.8) is 0 Å². The number of carbonyl (C=O) groups is 1. The number of furan rings is 1. The van der Waals surface area contributed by atoms with Crippen LogP contribution < -0.4 is 4.74 Å². The van der Waals surface area contributed by atoms with Gasteiger partial charge in [-0.2, -0.15) is 0 Å². The molecule has 0 saturated carbocycles. The minimum Gasteiger partial charge on any atom is -0.487 e. The van der Waals surface area contributed by atoms with Crippen LogP contribution in [-0.2, 0) is 18.0 Å². The fourth-order valence-electron chi connectivity index (χ4n) is 2.48. The minimum atomic E-state index is -0.406. The number of thiazole rings is 1. The molecule has 26 heavy (non-hydrogen) atoms. The van der Waals surface area contributed by atoms with Gasteiger partial charge in [0.2, 0.25) is 0 Å². The Labute approximate surface area is 153 Å². The van der Waals surface area contributed by atoms with Crippen molar-refractivity contribution in [2.24, 2.45) is 0 Å². The lowest BCUT2D eigenvalue weighted by atomic mass is 10.2. The maximum Gasteiger partial charge on any atom is 0.338 e. The van der Waals surface area contributed by atoms with Crippen LogP contribution in [0.25, 0.3) is 11.0 Å². The highest BCUT2D eigenvalue weighted by Crippen LogP contribution is 2.20. The van der Waals surface area contributed by atoms with Gasteiger partial charge in [-0.1, -0.05) is 18.2 Å². The molecule has 0 amide bonds. The van der Waals surface area contributed by atoms with Gasteiger partial charge in [0.1, 0.15) is 30.3 Å². The van der Waals surface area contributed by atoms with Gasteiger partial charge in [-0.05, 0) is 36.4 Å². The van der Waals surface area contributed by atoms with Crippen molar-refractivity contribution < 1.29 is 18.7 Å². The molecule has 0 fully saturated rings. The lowest BCUT2D eigenvalue weighted by Crippen LogP contribution is -2.05. The number of hydrogen-bond donors (Lipinski definition) is 0. The first-order valence-corrected chi connectivity index (χ1v) is 8.97. The zero-order valence-electron chi connectivity index (χ0n) is 13.8. The Hall–Kier alpha value is -3.12. The number of carbonyl (C=O) groups excluding carboxylic acids is 1. The third-order valence-electron chi connectivity index (χ3n) is 3.78. The van der Waals surface area contributed by atoms with E-state index in [4.69, 9.17) is 13.9 Å². The van der Waals surface area contributed by atoms with Crippen LogP contribution in [0.1, 0.15) is 21.8 Å². The number of hydrogen-bond acceptors (Lipinski definition) is 6. The van der Waals surface area contributed by atoms with Crippen molar-refractivity contribution in [1.29, 1.82) is 0 Å². The number of aromatic nitrogens is 1. The van der Waals surface area contributed by atoms with E-state index in [1.54, 1.807) is 29.8 Å². The van der Waals surface area contributed by atoms with Gasteiger partial charge in [0.25, 0.3) is 0 Å². The maximum atomic E-state index is 12.2. The minimum absolute atomic E-state index is 0.0928. The highest BCUT2D eigenvalue weighted by Gasteiger charge is 2.10. The molecular weight excluding hydrogens is 350 g/mol. The van der Waals surface area contributed by atoms with Crippen molar-refractivity contribution in [2.75, 3.05) is 0 Å².